The topological polar surface area (TPSA) is 373 Å². The molecule has 0 aliphatic carbocycles. The molecule has 23 nitrogen and oxygen atoms in total. The van der Waals surface area contributed by atoms with Gasteiger partial charge in [0.05, 0.1) is 50.7 Å². The van der Waals surface area contributed by atoms with Crippen LogP contribution in [0.2, 0.25) is 0 Å². The Morgan fingerprint density at radius 3 is 1.17 bits per heavy atom. The lowest BCUT2D eigenvalue weighted by Crippen LogP contribution is -2.70. The summed E-state index contributed by atoms with van der Waals surface area (Å²) in [6.45, 7) is 2.29. The van der Waals surface area contributed by atoms with E-state index in [-0.39, 0.29) is 18.9 Å². The third kappa shape index (κ3) is 48.2. The maximum Gasteiger partial charge on any atom is 0.364 e. The minimum absolute atomic E-state index is 0.228. The largest absolute Gasteiger partial charge is 0.477 e. The molecular weight excluding hydrogens is 1470 g/mol. The molecule has 3 saturated heterocycles. The van der Waals surface area contributed by atoms with Crippen molar-refractivity contribution in [2.45, 2.75) is 529 Å². The number of allylic oxidation sites excluding steroid dienone is 2. The first-order valence-electron chi connectivity index (χ1n) is 47.5. The molecule has 115 heavy (non-hydrogen) atoms. The number of amides is 2. The Balaban J connectivity index is 1.39. The van der Waals surface area contributed by atoms with E-state index in [9.17, 15) is 75.7 Å². The van der Waals surface area contributed by atoms with Crippen LogP contribution in [0.3, 0.4) is 0 Å². The number of rotatable bonds is 78. The quantitative estimate of drug-likeness (QED) is 0.0199. The van der Waals surface area contributed by atoms with Gasteiger partial charge in [0, 0.05) is 19.8 Å². The molecule has 3 aliphatic rings. The van der Waals surface area contributed by atoms with Crippen LogP contribution in [0.1, 0.15) is 419 Å². The van der Waals surface area contributed by atoms with E-state index in [4.69, 9.17) is 28.4 Å². The standard InChI is InChI=1S/C92H174N2O21/c1-4-6-8-10-12-14-16-18-20-22-24-26-28-29-30-31-32-33-34-35-36-37-38-39-40-41-42-43-44-46-48-50-52-54-56-58-60-62-64-66-79(102)94-73(74(99)65-63-61-59-57-55-53-51-49-47-45-27-25-23-21-19-17-15-13-11-9-7-5-2)71-110-89-84(106)83(105)86(78(70-97)112-89)113-90-85(107)88(82(104)77(69-96)111-90)115-92(91(108)109)67-75(100)80(93-72(3)98)87(114-92)81(103)76(101)68-95/h35-36,73-78,80-90,95-97,99-101,103-107H,4-34,37-71H2,1-3H3,(H,93,98)(H,94,102)(H,108,109)/b36-35-. The van der Waals surface area contributed by atoms with Crippen molar-refractivity contribution in [3.8, 4) is 0 Å². The minimum Gasteiger partial charge on any atom is -0.477 e. The van der Waals surface area contributed by atoms with Crippen LogP contribution in [-0.2, 0) is 42.8 Å². The third-order valence-corrected chi connectivity index (χ3v) is 24.2. The minimum atomic E-state index is -3.08. The van der Waals surface area contributed by atoms with E-state index in [2.05, 4.69) is 36.6 Å². The zero-order valence-corrected chi connectivity index (χ0v) is 72.7. The van der Waals surface area contributed by atoms with Crippen molar-refractivity contribution < 1.29 is 104 Å². The molecule has 0 bridgehead atoms. The molecular formula is C92H174N2O21. The molecule has 23 heteroatoms. The summed E-state index contributed by atoms with van der Waals surface area (Å²) < 4.78 is 35.1. The average molecular weight is 1640 g/mol. The Morgan fingerprint density at radius 2 is 0.809 bits per heavy atom. The van der Waals surface area contributed by atoms with Gasteiger partial charge in [0.25, 0.3) is 5.79 Å². The van der Waals surface area contributed by atoms with Crippen LogP contribution in [0.5, 0.6) is 0 Å². The van der Waals surface area contributed by atoms with Gasteiger partial charge in [-0.3, -0.25) is 9.59 Å². The van der Waals surface area contributed by atoms with Gasteiger partial charge in [-0.2, -0.15) is 0 Å². The van der Waals surface area contributed by atoms with Gasteiger partial charge in [-0.05, 0) is 38.5 Å². The summed E-state index contributed by atoms with van der Waals surface area (Å²) in [5.41, 5.74) is 0. The van der Waals surface area contributed by atoms with Crippen molar-refractivity contribution in [2.75, 3.05) is 26.4 Å². The van der Waals surface area contributed by atoms with Crippen molar-refractivity contribution in [2.24, 2.45) is 0 Å². The smallest absolute Gasteiger partial charge is 0.364 e. The van der Waals surface area contributed by atoms with E-state index in [1.165, 1.54) is 315 Å². The number of hydrogen-bond donors (Lipinski definition) is 14. The van der Waals surface area contributed by atoms with E-state index >= 15 is 0 Å². The van der Waals surface area contributed by atoms with Gasteiger partial charge < -0.3 is 100 Å². The Morgan fingerprint density at radius 1 is 0.443 bits per heavy atom. The molecule has 0 radical (unpaired) electrons. The van der Waals surface area contributed by atoms with Crippen molar-refractivity contribution in [1.29, 1.82) is 0 Å². The highest BCUT2D eigenvalue weighted by Crippen LogP contribution is 2.39. The number of aliphatic hydroxyl groups excluding tert-OH is 11. The first kappa shape index (κ1) is 107. The number of carboxylic acid groups (broad SMARTS) is 1. The molecule has 18 unspecified atom stereocenters. The highest BCUT2D eigenvalue weighted by Gasteiger charge is 2.60. The predicted octanol–water partition coefficient (Wildman–Crippen LogP) is 16.0. The van der Waals surface area contributed by atoms with Crippen LogP contribution in [-0.4, -0.2) is 215 Å². The van der Waals surface area contributed by atoms with E-state index in [0.717, 1.165) is 58.3 Å². The van der Waals surface area contributed by atoms with Crippen LogP contribution < -0.4 is 10.6 Å². The first-order chi connectivity index (χ1) is 55.9. The normalized spacial score (nSPS) is 25.0. The number of carboxylic acids is 1. The molecule has 2 amide bonds. The average Bonchev–Trinajstić information content (AvgIpc) is 0.756. The van der Waals surface area contributed by atoms with Crippen LogP contribution in [0.4, 0.5) is 0 Å². The molecule has 0 aromatic rings. The van der Waals surface area contributed by atoms with Gasteiger partial charge in [-0.25, -0.2) is 4.79 Å². The van der Waals surface area contributed by atoms with Gasteiger partial charge in [-0.1, -0.05) is 373 Å². The highest BCUT2D eigenvalue weighted by molar-refractivity contribution is 5.77. The van der Waals surface area contributed by atoms with Crippen molar-refractivity contribution >= 4 is 17.8 Å². The molecule has 3 aliphatic heterocycles. The summed E-state index contributed by atoms with van der Waals surface area (Å²) in [5.74, 6) is -6.09. The molecule has 0 aromatic carbocycles. The number of aliphatic hydroxyl groups is 11. The Bertz CT molecular complexity index is 2310. The lowest BCUT2D eigenvalue weighted by atomic mass is 9.88. The Kier molecular flexibility index (Phi) is 64.9. The summed E-state index contributed by atoms with van der Waals surface area (Å²) in [6, 6.07) is -2.53. The van der Waals surface area contributed by atoms with Gasteiger partial charge in [0.1, 0.15) is 67.1 Å². The number of carbonyl (C=O) groups excluding carboxylic acids is 2. The number of carbonyl (C=O) groups is 3. The second-order valence-electron chi connectivity index (χ2n) is 34.6. The van der Waals surface area contributed by atoms with Crippen LogP contribution in [0.25, 0.3) is 0 Å². The maximum absolute atomic E-state index is 13.6. The molecule has 14 N–H and O–H groups in total. The van der Waals surface area contributed by atoms with Crippen LogP contribution in [0.15, 0.2) is 12.2 Å². The van der Waals surface area contributed by atoms with Gasteiger partial charge in [-0.15, -0.1) is 0 Å². The number of unbranched alkanes of at least 4 members (excludes halogenated alkanes) is 56. The molecule has 3 heterocycles. The molecule has 0 spiro atoms. The monoisotopic (exact) mass is 1640 g/mol. The zero-order valence-electron chi connectivity index (χ0n) is 72.7. The summed E-state index contributed by atoms with van der Waals surface area (Å²) >= 11 is 0. The summed E-state index contributed by atoms with van der Waals surface area (Å²) in [6.07, 6.45) is 52.4. The summed E-state index contributed by atoms with van der Waals surface area (Å²) in [5, 5.41) is 137. The lowest BCUT2D eigenvalue weighted by molar-refractivity contribution is -0.386. The van der Waals surface area contributed by atoms with Gasteiger partial charge in [0.15, 0.2) is 12.6 Å². The lowest BCUT2D eigenvalue weighted by Gasteiger charge is -2.50. The van der Waals surface area contributed by atoms with Crippen molar-refractivity contribution in [3.05, 3.63) is 12.2 Å². The zero-order chi connectivity index (χ0) is 83.8. The molecule has 3 rings (SSSR count). The van der Waals surface area contributed by atoms with E-state index in [1.54, 1.807) is 0 Å². The predicted molar refractivity (Wildman–Crippen MR) is 454 cm³/mol. The second kappa shape index (κ2) is 69.9. The molecule has 0 aromatic heterocycles. The van der Waals surface area contributed by atoms with E-state index in [1.807, 2.05) is 0 Å². The molecule has 18 atom stereocenters. The number of ether oxygens (including phenoxy) is 6. The number of hydrogen-bond acceptors (Lipinski definition) is 20. The van der Waals surface area contributed by atoms with E-state index < -0.39 is 148 Å². The fraction of sp³-hybridized carbons (Fsp3) is 0.946. The van der Waals surface area contributed by atoms with Crippen LogP contribution >= 0.6 is 0 Å². The van der Waals surface area contributed by atoms with Crippen molar-refractivity contribution in [1.82, 2.24) is 10.6 Å². The molecule has 0 saturated carbocycles. The second-order valence-corrected chi connectivity index (χ2v) is 34.6. The summed E-state index contributed by atoms with van der Waals surface area (Å²) in [4.78, 5) is 38.8. The van der Waals surface area contributed by atoms with Gasteiger partial charge >= 0.3 is 5.97 Å². The fourth-order valence-electron chi connectivity index (χ4n) is 16.8. The molecule has 3 fully saturated rings. The van der Waals surface area contributed by atoms with E-state index in [0.29, 0.717) is 19.3 Å². The number of nitrogens with one attached hydrogen (secondary N) is 2. The van der Waals surface area contributed by atoms with Crippen molar-refractivity contribution in [3.63, 3.8) is 0 Å². The summed E-state index contributed by atoms with van der Waals surface area (Å²) in [7, 11) is 0. The fourth-order valence-corrected chi connectivity index (χ4v) is 16.8. The third-order valence-electron chi connectivity index (χ3n) is 24.2. The maximum atomic E-state index is 13.6. The first-order valence-corrected chi connectivity index (χ1v) is 47.5. The highest BCUT2D eigenvalue weighted by atomic mass is 16.8. The van der Waals surface area contributed by atoms with Gasteiger partial charge in [0.2, 0.25) is 11.8 Å². The Labute approximate surface area is 696 Å². The Hall–Kier alpha value is -2.53. The number of aliphatic carboxylic acids is 1. The SMILES string of the molecule is CCCCCCCCCCCCCCCCCCCC/C=C\CCCCCCCCCCCCCCCCCCCC(=O)NC(COC1OC(CO)C(OC2OC(CO)C(O)C(OC3(C(=O)O)CC(O)C(NC(C)=O)C(C(O)C(O)CO)O3)C2O)C(O)C1O)C(O)CCCCCCCCCCCCCCCCCCCCCCCC. The van der Waals surface area contributed by atoms with Crippen LogP contribution in [0, 0.1) is 0 Å². The molecule has 678 valence electrons.